The summed E-state index contributed by atoms with van der Waals surface area (Å²) in [5.41, 5.74) is 8.59. The minimum atomic E-state index is -4.43. The summed E-state index contributed by atoms with van der Waals surface area (Å²) in [4.78, 5) is 0. The number of halogens is 8. The van der Waals surface area contributed by atoms with E-state index >= 15 is 0 Å². The predicted molar refractivity (Wildman–Crippen MR) is 171 cm³/mol. The number of rotatable bonds is 4. The lowest BCUT2D eigenvalue weighted by atomic mass is 9.93. The molecule has 0 heterocycles. The Labute approximate surface area is 270 Å². The van der Waals surface area contributed by atoms with E-state index in [-0.39, 0.29) is 9.52 Å². The van der Waals surface area contributed by atoms with Crippen LogP contribution in [0.5, 0.6) is 0 Å². The van der Waals surface area contributed by atoms with Crippen molar-refractivity contribution in [1.82, 2.24) is 0 Å². The van der Waals surface area contributed by atoms with Gasteiger partial charge in [-0.25, -0.2) is 0 Å². The fraction of sp³-hybridized carbons (Fsp3) is 0.222. The predicted octanol–water partition coefficient (Wildman–Crippen LogP) is 11.9. The Balaban J connectivity index is 1.44. The molecule has 2 aliphatic carbocycles. The number of hydrogen-bond acceptors (Lipinski definition) is 0. The summed E-state index contributed by atoms with van der Waals surface area (Å²) in [6.45, 7) is 7.87. The third-order valence-corrected chi connectivity index (χ3v) is 12.7. The van der Waals surface area contributed by atoms with Crippen molar-refractivity contribution < 1.29 is 26.3 Å². The van der Waals surface area contributed by atoms with Crippen molar-refractivity contribution in [3.63, 3.8) is 0 Å². The summed E-state index contributed by atoms with van der Waals surface area (Å²) in [5, 5.41) is 0. The first-order valence-electron chi connectivity index (χ1n) is 14.1. The minimum absolute atomic E-state index is 0.0817. The zero-order chi connectivity index (χ0) is 32.7. The second kappa shape index (κ2) is 10.6. The van der Waals surface area contributed by atoms with Crippen LogP contribution in [0.15, 0.2) is 96.1 Å². The number of benzene rings is 4. The van der Waals surface area contributed by atoms with Gasteiger partial charge in [-0.1, -0.05) is 60.7 Å². The van der Waals surface area contributed by atoms with E-state index in [0.29, 0.717) is 11.1 Å². The van der Waals surface area contributed by atoms with Crippen LogP contribution < -0.4 is 0 Å². The lowest BCUT2D eigenvalue weighted by molar-refractivity contribution is -0.138. The van der Waals surface area contributed by atoms with Gasteiger partial charge in [0, 0.05) is 0 Å². The van der Waals surface area contributed by atoms with Gasteiger partial charge in [-0.15, -0.1) is 23.2 Å². The highest BCUT2D eigenvalue weighted by molar-refractivity contribution is 6.70. The van der Waals surface area contributed by atoms with Crippen molar-refractivity contribution in [2.75, 3.05) is 0 Å². The molecule has 0 bridgehead atoms. The molecule has 6 rings (SSSR count). The summed E-state index contributed by atoms with van der Waals surface area (Å²) in [7, 11) is -0.0817. The molecule has 0 N–H and O–H groups in total. The molecule has 0 aromatic heterocycles. The Bertz CT molecular complexity index is 1760. The van der Waals surface area contributed by atoms with E-state index in [1.54, 1.807) is 0 Å². The Morgan fingerprint density at radius 3 is 1.16 bits per heavy atom. The van der Waals surface area contributed by atoms with Gasteiger partial charge in [-0.05, 0) is 119 Å². The van der Waals surface area contributed by atoms with Crippen LogP contribution in [0, 0.1) is 0 Å². The van der Waals surface area contributed by atoms with Crippen LogP contribution in [-0.4, -0.2) is 9.52 Å². The van der Waals surface area contributed by atoms with Crippen molar-refractivity contribution in [3.8, 4) is 22.3 Å². The molecule has 0 amide bonds. The zero-order valence-corrected chi connectivity index (χ0v) is 27.1. The van der Waals surface area contributed by atoms with Gasteiger partial charge < -0.3 is 0 Å². The fourth-order valence-corrected chi connectivity index (χ4v) is 10.0. The SMILES string of the molecule is CC1=C(C)C(Cl)([Si]C2(Cl)C(C)=C(C)c3c(-c4ccc(C(F)(F)F)cc4)cccc32)c2cccc(-c3ccc(C(F)(F)F)cc3)c21. The monoisotopic (exact) mass is 670 g/mol. The van der Waals surface area contributed by atoms with Crippen LogP contribution in [0.2, 0.25) is 0 Å². The van der Waals surface area contributed by atoms with Crippen LogP contribution in [0.3, 0.4) is 0 Å². The van der Waals surface area contributed by atoms with Crippen molar-refractivity contribution in [3.05, 3.63) is 129 Å². The van der Waals surface area contributed by atoms with Gasteiger partial charge >= 0.3 is 12.4 Å². The summed E-state index contributed by atoms with van der Waals surface area (Å²) >= 11 is 15.3. The van der Waals surface area contributed by atoms with E-state index in [9.17, 15) is 26.3 Å². The van der Waals surface area contributed by atoms with E-state index < -0.39 is 32.5 Å². The molecule has 45 heavy (non-hydrogen) atoms. The molecule has 230 valence electrons. The minimum Gasteiger partial charge on any atom is -0.166 e. The molecule has 9 heteroatoms. The first-order chi connectivity index (χ1) is 21.0. The molecule has 4 aromatic carbocycles. The highest BCUT2D eigenvalue weighted by Gasteiger charge is 2.52. The van der Waals surface area contributed by atoms with Crippen LogP contribution >= 0.6 is 23.2 Å². The number of allylic oxidation sites excluding steroid dienone is 4. The molecule has 0 saturated heterocycles. The smallest absolute Gasteiger partial charge is 0.166 e. The van der Waals surface area contributed by atoms with Crippen LogP contribution in [0.4, 0.5) is 26.3 Å². The van der Waals surface area contributed by atoms with E-state index in [1.165, 1.54) is 24.3 Å². The van der Waals surface area contributed by atoms with Crippen LogP contribution in [0.25, 0.3) is 33.4 Å². The Morgan fingerprint density at radius 1 is 0.511 bits per heavy atom. The molecule has 2 radical (unpaired) electrons. The summed E-state index contributed by atoms with van der Waals surface area (Å²) < 4.78 is 77.5. The molecule has 0 aliphatic heterocycles. The van der Waals surface area contributed by atoms with Crippen molar-refractivity contribution in [1.29, 1.82) is 0 Å². The molecule has 0 saturated carbocycles. The summed E-state index contributed by atoms with van der Waals surface area (Å²) in [5.74, 6) is 0. The highest BCUT2D eigenvalue weighted by atomic mass is 35.5. The van der Waals surface area contributed by atoms with E-state index in [1.807, 2.05) is 64.1 Å². The van der Waals surface area contributed by atoms with Crippen LogP contribution in [-0.2, 0) is 21.3 Å². The quantitative estimate of drug-likeness (QED) is 0.115. The standard InChI is InChI=1S/C36H26Cl2F6Si/c1-19-21(3)33(37,29-9-5-7-27(31(19)29)23-11-15-25(16-12-23)35(39,40)41)45-34(38)22(4)20(2)32-28(8-6-10-30(32)34)24-13-17-26(18-14-24)36(42,43)44/h5-18H,1-4H3. The first kappa shape index (κ1) is 31.7. The average molecular weight is 672 g/mol. The largest absolute Gasteiger partial charge is 0.416 e. The Kier molecular flexibility index (Phi) is 7.50. The maximum atomic E-state index is 13.3. The third kappa shape index (κ3) is 4.98. The molecule has 0 fully saturated rings. The van der Waals surface area contributed by atoms with Gasteiger partial charge in [-0.2, -0.15) is 26.3 Å². The van der Waals surface area contributed by atoms with Gasteiger partial charge in [-0.3, -0.25) is 0 Å². The molecular weight excluding hydrogens is 645 g/mol. The molecule has 4 aromatic rings. The molecule has 0 spiro atoms. The molecule has 0 nitrogen and oxygen atoms in total. The number of alkyl halides is 8. The topological polar surface area (TPSA) is 0 Å². The summed E-state index contributed by atoms with van der Waals surface area (Å²) in [6.07, 6.45) is -8.86. The van der Waals surface area contributed by atoms with E-state index in [4.69, 9.17) is 23.2 Å². The maximum Gasteiger partial charge on any atom is 0.416 e. The molecule has 2 aliphatic rings. The molecule has 2 unspecified atom stereocenters. The lowest BCUT2D eigenvalue weighted by Gasteiger charge is -2.35. The number of hydrogen-bond donors (Lipinski definition) is 0. The van der Waals surface area contributed by atoms with Gasteiger partial charge in [0.2, 0.25) is 0 Å². The molecule has 2 atom stereocenters. The lowest BCUT2D eigenvalue weighted by Crippen LogP contribution is -2.40. The maximum absolute atomic E-state index is 13.3. The van der Waals surface area contributed by atoms with Gasteiger partial charge in [0.05, 0.1) is 20.1 Å². The third-order valence-electron chi connectivity index (χ3n) is 9.17. The highest BCUT2D eigenvalue weighted by Crippen LogP contribution is 2.58. The normalized spacial score (nSPS) is 21.4. The van der Waals surface area contributed by atoms with Gasteiger partial charge in [0.1, 0.15) is 9.52 Å². The molecular formula is C36H26Cl2F6Si. The second-order valence-electron chi connectivity index (χ2n) is 11.5. The van der Waals surface area contributed by atoms with E-state index in [0.717, 1.165) is 79.9 Å². The zero-order valence-electron chi connectivity index (χ0n) is 24.6. The average Bonchev–Trinajstić information content (AvgIpc) is 3.31. The van der Waals surface area contributed by atoms with Gasteiger partial charge in [0.25, 0.3) is 0 Å². The van der Waals surface area contributed by atoms with Crippen molar-refractivity contribution in [2.24, 2.45) is 0 Å². The summed E-state index contributed by atoms with van der Waals surface area (Å²) in [6, 6.07) is 21.6. The Morgan fingerprint density at radius 2 is 0.844 bits per heavy atom. The van der Waals surface area contributed by atoms with Crippen molar-refractivity contribution >= 4 is 43.9 Å². The first-order valence-corrected chi connectivity index (χ1v) is 15.9. The fourth-order valence-electron chi connectivity index (χ4n) is 6.50. The second-order valence-corrected chi connectivity index (χ2v) is 15.1. The van der Waals surface area contributed by atoms with Crippen LogP contribution in [0.1, 0.15) is 61.1 Å². The number of fused-ring (bicyclic) bond motifs is 2. The Hall–Kier alpha value is -3.26. The van der Waals surface area contributed by atoms with Gasteiger partial charge in [0.15, 0.2) is 0 Å². The van der Waals surface area contributed by atoms with Crippen molar-refractivity contribution in [2.45, 2.75) is 49.0 Å². The van der Waals surface area contributed by atoms with E-state index in [2.05, 4.69) is 0 Å².